The molecule has 20 heavy (non-hydrogen) atoms. The fourth-order valence-corrected chi connectivity index (χ4v) is 2.29. The molecule has 0 aliphatic carbocycles. The van der Waals surface area contributed by atoms with Gasteiger partial charge in [-0.15, -0.1) is 0 Å². The summed E-state index contributed by atoms with van der Waals surface area (Å²) >= 11 is 0. The smallest absolute Gasteiger partial charge is 0.270 e. The van der Waals surface area contributed by atoms with Gasteiger partial charge in [0.2, 0.25) is 5.95 Å². The van der Waals surface area contributed by atoms with Gasteiger partial charge in [0.05, 0.1) is 0 Å². The number of anilines is 1. The van der Waals surface area contributed by atoms with Crippen molar-refractivity contribution in [3.63, 3.8) is 0 Å². The molecule has 0 bridgehead atoms. The average molecular weight is 276 g/mol. The highest BCUT2D eigenvalue weighted by Crippen LogP contribution is 2.15. The third-order valence-corrected chi connectivity index (χ3v) is 3.44. The maximum Gasteiger partial charge on any atom is 0.270 e. The van der Waals surface area contributed by atoms with Gasteiger partial charge in [0.25, 0.3) is 5.91 Å². The van der Waals surface area contributed by atoms with E-state index >= 15 is 0 Å². The first-order chi connectivity index (χ1) is 9.66. The van der Waals surface area contributed by atoms with Crippen LogP contribution in [0.3, 0.4) is 0 Å². The van der Waals surface area contributed by atoms with Crippen molar-refractivity contribution in [3.8, 4) is 0 Å². The molecule has 1 amide bonds. The summed E-state index contributed by atoms with van der Waals surface area (Å²) in [5.41, 5.74) is 0.458. The van der Waals surface area contributed by atoms with E-state index in [0.29, 0.717) is 24.1 Å². The molecule has 110 valence electrons. The van der Waals surface area contributed by atoms with Crippen LogP contribution in [0.4, 0.5) is 5.95 Å². The van der Waals surface area contributed by atoms with Crippen LogP contribution in [0.5, 0.6) is 0 Å². The second kappa shape index (κ2) is 7.22. The summed E-state index contributed by atoms with van der Waals surface area (Å²) in [5.74, 6) is 1.01. The number of nitrogens with one attached hydrogen (secondary N) is 1. The Morgan fingerprint density at radius 2 is 2.00 bits per heavy atom. The van der Waals surface area contributed by atoms with Crippen molar-refractivity contribution in [3.05, 3.63) is 18.0 Å². The Kier molecular flexibility index (Phi) is 5.32. The molecule has 2 rings (SSSR count). The van der Waals surface area contributed by atoms with Gasteiger partial charge < -0.3 is 10.2 Å². The van der Waals surface area contributed by atoms with Crippen LogP contribution in [0.25, 0.3) is 0 Å². The molecule has 0 radical (unpaired) electrons. The van der Waals surface area contributed by atoms with Crippen molar-refractivity contribution in [1.82, 2.24) is 15.3 Å². The summed E-state index contributed by atoms with van der Waals surface area (Å²) in [6, 6.07) is 1.68. The number of hydrogen-bond acceptors (Lipinski definition) is 4. The monoisotopic (exact) mass is 276 g/mol. The zero-order valence-electron chi connectivity index (χ0n) is 12.4. The summed E-state index contributed by atoms with van der Waals surface area (Å²) in [6.07, 6.45) is 6.56. The first kappa shape index (κ1) is 14.8. The van der Waals surface area contributed by atoms with Crippen LogP contribution in [-0.4, -0.2) is 35.5 Å². The lowest BCUT2D eigenvalue weighted by atomic mass is 10.2. The van der Waals surface area contributed by atoms with Crippen molar-refractivity contribution in [2.45, 2.75) is 39.5 Å². The molecular weight excluding hydrogens is 252 g/mol. The lowest BCUT2D eigenvalue weighted by Crippen LogP contribution is -2.30. The summed E-state index contributed by atoms with van der Waals surface area (Å²) in [5, 5.41) is 2.89. The number of aromatic nitrogens is 2. The molecule has 1 saturated heterocycles. The Balaban J connectivity index is 2.04. The van der Waals surface area contributed by atoms with Gasteiger partial charge >= 0.3 is 0 Å². The summed E-state index contributed by atoms with van der Waals surface area (Å²) in [4.78, 5) is 23.0. The molecule has 1 aromatic rings. The van der Waals surface area contributed by atoms with Crippen LogP contribution in [0.15, 0.2) is 12.3 Å². The number of hydrogen-bond donors (Lipinski definition) is 1. The molecule has 1 aliphatic rings. The largest absolute Gasteiger partial charge is 0.350 e. The van der Waals surface area contributed by atoms with E-state index < -0.39 is 0 Å². The highest BCUT2D eigenvalue weighted by Gasteiger charge is 2.15. The molecule has 0 unspecified atom stereocenters. The van der Waals surface area contributed by atoms with E-state index in [2.05, 4.69) is 34.0 Å². The van der Waals surface area contributed by atoms with Gasteiger partial charge in [-0.3, -0.25) is 4.79 Å². The zero-order chi connectivity index (χ0) is 14.4. The first-order valence-corrected chi connectivity index (χ1v) is 7.53. The Hall–Kier alpha value is -1.65. The second-order valence-corrected chi connectivity index (χ2v) is 5.75. The van der Waals surface area contributed by atoms with Gasteiger partial charge in [0.15, 0.2) is 0 Å². The van der Waals surface area contributed by atoms with E-state index in [1.807, 2.05) is 0 Å². The van der Waals surface area contributed by atoms with Crippen LogP contribution < -0.4 is 10.2 Å². The molecule has 0 spiro atoms. The molecule has 2 heterocycles. The van der Waals surface area contributed by atoms with Crippen molar-refractivity contribution in [1.29, 1.82) is 0 Å². The van der Waals surface area contributed by atoms with Crippen LogP contribution in [0, 0.1) is 5.92 Å². The van der Waals surface area contributed by atoms with E-state index in [9.17, 15) is 4.79 Å². The molecular formula is C15H24N4O. The van der Waals surface area contributed by atoms with E-state index in [4.69, 9.17) is 0 Å². The highest BCUT2D eigenvalue weighted by atomic mass is 16.1. The topological polar surface area (TPSA) is 58.1 Å². The summed E-state index contributed by atoms with van der Waals surface area (Å²) < 4.78 is 0. The molecule has 0 aromatic carbocycles. The molecule has 1 N–H and O–H groups in total. The molecule has 0 saturated carbocycles. The standard InChI is InChI=1S/C15H24N4O/c1-12(2)11-17-14(20)13-7-8-16-15(18-13)19-9-5-3-4-6-10-19/h7-8,12H,3-6,9-11H2,1-2H3,(H,17,20). The van der Waals surface area contributed by atoms with E-state index in [-0.39, 0.29) is 5.91 Å². The van der Waals surface area contributed by atoms with Gasteiger partial charge in [-0.25, -0.2) is 9.97 Å². The van der Waals surface area contributed by atoms with Crippen molar-refractivity contribution in [2.75, 3.05) is 24.5 Å². The maximum atomic E-state index is 12.0. The number of rotatable bonds is 4. The SMILES string of the molecule is CC(C)CNC(=O)c1ccnc(N2CCCCCC2)n1. The quantitative estimate of drug-likeness (QED) is 0.916. The Labute approximate surface area is 120 Å². The minimum absolute atomic E-state index is 0.114. The van der Waals surface area contributed by atoms with Gasteiger partial charge in [-0.1, -0.05) is 26.7 Å². The third-order valence-electron chi connectivity index (χ3n) is 3.44. The normalized spacial score (nSPS) is 16.1. The molecule has 5 nitrogen and oxygen atoms in total. The zero-order valence-corrected chi connectivity index (χ0v) is 12.4. The maximum absolute atomic E-state index is 12.0. The van der Waals surface area contributed by atoms with Crippen LogP contribution in [0.1, 0.15) is 50.0 Å². The first-order valence-electron chi connectivity index (χ1n) is 7.53. The van der Waals surface area contributed by atoms with Crippen molar-refractivity contribution >= 4 is 11.9 Å². The van der Waals surface area contributed by atoms with Crippen LogP contribution in [-0.2, 0) is 0 Å². The Morgan fingerprint density at radius 1 is 1.30 bits per heavy atom. The van der Waals surface area contributed by atoms with Crippen molar-refractivity contribution in [2.24, 2.45) is 5.92 Å². The number of amides is 1. The molecule has 5 heteroatoms. The van der Waals surface area contributed by atoms with Crippen LogP contribution in [0.2, 0.25) is 0 Å². The third kappa shape index (κ3) is 4.18. The number of nitrogens with zero attached hydrogens (tertiary/aromatic N) is 3. The predicted octanol–water partition coefficient (Wildman–Crippen LogP) is 2.24. The van der Waals surface area contributed by atoms with E-state index in [1.165, 1.54) is 25.7 Å². The highest BCUT2D eigenvalue weighted by molar-refractivity contribution is 5.92. The molecule has 1 fully saturated rings. The predicted molar refractivity (Wildman–Crippen MR) is 79.9 cm³/mol. The minimum Gasteiger partial charge on any atom is -0.350 e. The van der Waals surface area contributed by atoms with E-state index in [1.54, 1.807) is 12.3 Å². The number of carbonyl (C=O) groups excluding carboxylic acids is 1. The van der Waals surface area contributed by atoms with Crippen LogP contribution >= 0.6 is 0 Å². The Morgan fingerprint density at radius 3 is 2.65 bits per heavy atom. The second-order valence-electron chi connectivity index (χ2n) is 5.75. The lowest BCUT2D eigenvalue weighted by Gasteiger charge is -2.20. The molecule has 1 aromatic heterocycles. The summed E-state index contributed by atoms with van der Waals surface area (Å²) in [7, 11) is 0. The Bertz CT molecular complexity index is 439. The minimum atomic E-state index is -0.114. The average Bonchev–Trinajstić information content (AvgIpc) is 2.74. The molecule has 1 aliphatic heterocycles. The van der Waals surface area contributed by atoms with Crippen molar-refractivity contribution < 1.29 is 4.79 Å². The fourth-order valence-electron chi connectivity index (χ4n) is 2.29. The molecule has 0 atom stereocenters. The lowest BCUT2D eigenvalue weighted by molar-refractivity contribution is 0.0944. The fraction of sp³-hybridized carbons (Fsp3) is 0.667. The van der Waals surface area contributed by atoms with Gasteiger partial charge in [-0.05, 0) is 24.8 Å². The van der Waals surface area contributed by atoms with Gasteiger partial charge in [0, 0.05) is 25.8 Å². The number of carbonyl (C=O) groups is 1. The van der Waals surface area contributed by atoms with E-state index in [0.717, 1.165) is 13.1 Å². The summed E-state index contributed by atoms with van der Waals surface area (Å²) in [6.45, 7) is 6.78. The van der Waals surface area contributed by atoms with Gasteiger partial charge in [-0.2, -0.15) is 0 Å². The van der Waals surface area contributed by atoms with Gasteiger partial charge in [0.1, 0.15) is 5.69 Å².